The fraction of sp³-hybridized carbons (Fsp3) is 0.625. The predicted octanol–water partition coefficient (Wildman–Crippen LogP) is 1.59. The van der Waals surface area contributed by atoms with Crippen LogP contribution in [0.5, 0.6) is 0 Å². The number of hydrogen-bond acceptors (Lipinski definition) is 2. The van der Waals surface area contributed by atoms with Crippen LogP contribution in [-0.2, 0) is 0 Å². The molecule has 0 rings (SSSR count). The Labute approximate surface area is 63.0 Å². The molecule has 0 atom stereocenters. The summed E-state index contributed by atoms with van der Waals surface area (Å²) >= 11 is 0. The highest BCUT2D eigenvalue weighted by Gasteiger charge is 1.96. The standard InChI is InChI=1S/C8H16N2/c1-5-8(10-6-2)7(3)9-4/h9H,3,5-6H2,1-2,4H3/b10-8-. The van der Waals surface area contributed by atoms with Crippen molar-refractivity contribution in [1.82, 2.24) is 5.32 Å². The van der Waals surface area contributed by atoms with Crippen molar-refractivity contribution in [3.05, 3.63) is 12.3 Å². The van der Waals surface area contributed by atoms with E-state index >= 15 is 0 Å². The van der Waals surface area contributed by atoms with E-state index in [0.717, 1.165) is 24.4 Å². The molecule has 0 aliphatic rings. The monoisotopic (exact) mass is 140 g/mol. The second-order valence-corrected chi connectivity index (χ2v) is 2.00. The summed E-state index contributed by atoms with van der Waals surface area (Å²) in [5.41, 5.74) is 2.01. The molecular formula is C8H16N2. The third-order valence-electron chi connectivity index (χ3n) is 1.33. The van der Waals surface area contributed by atoms with Gasteiger partial charge in [0.2, 0.25) is 0 Å². The first-order valence-electron chi connectivity index (χ1n) is 3.66. The van der Waals surface area contributed by atoms with Crippen molar-refractivity contribution >= 4 is 5.71 Å². The molecule has 0 aliphatic carbocycles. The van der Waals surface area contributed by atoms with Crippen LogP contribution in [0.15, 0.2) is 17.3 Å². The molecule has 0 fully saturated rings. The molecule has 0 radical (unpaired) electrons. The third-order valence-corrected chi connectivity index (χ3v) is 1.33. The van der Waals surface area contributed by atoms with E-state index < -0.39 is 0 Å². The second kappa shape index (κ2) is 5.03. The van der Waals surface area contributed by atoms with Gasteiger partial charge in [0.05, 0.1) is 5.71 Å². The summed E-state index contributed by atoms with van der Waals surface area (Å²) < 4.78 is 0. The molecule has 0 amide bonds. The molecule has 0 aromatic carbocycles. The molecule has 0 aromatic rings. The Morgan fingerprint density at radius 1 is 1.50 bits per heavy atom. The minimum Gasteiger partial charge on any atom is -0.387 e. The van der Waals surface area contributed by atoms with E-state index in [9.17, 15) is 0 Å². The van der Waals surface area contributed by atoms with Gasteiger partial charge in [-0.1, -0.05) is 13.5 Å². The highest BCUT2D eigenvalue weighted by molar-refractivity contribution is 5.98. The van der Waals surface area contributed by atoms with Gasteiger partial charge in [-0.3, -0.25) is 4.99 Å². The van der Waals surface area contributed by atoms with Gasteiger partial charge in [0.25, 0.3) is 0 Å². The van der Waals surface area contributed by atoms with Gasteiger partial charge in [-0.25, -0.2) is 0 Å². The maximum absolute atomic E-state index is 4.27. The van der Waals surface area contributed by atoms with E-state index in [-0.39, 0.29) is 0 Å². The smallest absolute Gasteiger partial charge is 0.0570 e. The van der Waals surface area contributed by atoms with Gasteiger partial charge in [0.15, 0.2) is 0 Å². The van der Waals surface area contributed by atoms with Gasteiger partial charge in [0.1, 0.15) is 0 Å². The summed E-state index contributed by atoms with van der Waals surface area (Å²) in [7, 11) is 1.86. The van der Waals surface area contributed by atoms with Crippen LogP contribution >= 0.6 is 0 Å². The van der Waals surface area contributed by atoms with Crippen LogP contribution < -0.4 is 5.32 Å². The lowest BCUT2D eigenvalue weighted by Gasteiger charge is -2.05. The van der Waals surface area contributed by atoms with Crippen molar-refractivity contribution < 1.29 is 0 Å². The topological polar surface area (TPSA) is 24.4 Å². The number of allylic oxidation sites excluding steroid dienone is 1. The maximum Gasteiger partial charge on any atom is 0.0570 e. The van der Waals surface area contributed by atoms with Gasteiger partial charge in [-0.05, 0) is 13.3 Å². The molecule has 10 heavy (non-hydrogen) atoms. The lowest BCUT2D eigenvalue weighted by Crippen LogP contribution is -2.14. The number of aliphatic imine (C=N–C) groups is 1. The number of hydrogen-bond donors (Lipinski definition) is 1. The lowest BCUT2D eigenvalue weighted by atomic mass is 10.2. The normalized spacial score (nSPS) is 11.3. The van der Waals surface area contributed by atoms with Gasteiger partial charge >= 0.3 is 0 Å². The first kappa shape index (κ1) is 9.21. The molecule has 2 nitrogen and oxygen atoms in total. The highest BCUT2D eigenvalue weighted by atomic mass is 14.9. The van der Waals surface area contributed by atoms with Crippen LogP contribution in [0.3, 0.4) is 0 Å². The molecule has 0 bridgehead atoms. The summed E-state index contributed by atoms with van der Waals surface area (Å²) in [6.45, 7) is 8.76. The Balaban J connectivity index is 4.06. The Morgan fingerprint density at radius 2 is 2.10 bits per heavy atom. The molecule has 0 saturated heterocycles. The van der Waals surface area contributed by atoms with E-state index in [1.807, 2.05) is 14.0 Å². The van der Waals surface area contributed by atoms with Crippen LogP contribution in [0.4, 0.5) is 0 Å². The van der Waals surface area contributed by atoms with Crippen LogP contribution in [0, 0.1) is 0 Å². The zero-order valence-corrected chi connectivity index (χ0v) is 7.07. The fourth-order valence-corrected chi connectivity index (χ4v) is 0.756. The van der Waals surface area contributed by atoms with Gasteiger partial charge < -0.3 is 5.32 Å². The van der Waals surface area contributed by atoms with Crippen molar-refractivity contribution in [2.45, 2.75) is 20.3 Å². The third kappa shape index (κ3) is 2.67. The fourth-order valence-electron chi connectivity index (χ4n) is 0.756. The van der Waals surface area contributed by atoms with E-state index in [1.165, 1.54) is 0 Å². The number of nitrogens with one attached hydrogen (secondary N) is 1. The van der Waals surface area contributed by atoms with Crippen LogP contribution in [0.1, 0.15) is 20.3 Å². The molecule has 0 spiro atoms. The van der Waals surface area contributed by atoms with Crippen molar-refractivity contribution in [3.63, 3.8) is 0 Å². The van der Waals surface area contributed by atoms with E-state index in [2.05, 4.69) is 23.8 Å². The molecule has 0 unspecified atom stereocenters. The summed E-state index contributed by atoms with van der Waals surface area (Å²) in [6, 6.07) is 0. The van der Waals surface area contributed by atoms with Gasteiger partial charge in [-0.2, -0.15) is 0 Å². The Kier molecular flexibility index (Phi) is 4.63. The Hall–Kier alpha value is -0.790. The van der Waals surface area contributed by atoms with Gasteiger partial charge in [-0.15, -0.1) is 0 Å². The molecule has 0 saturated carbocycles. The molecule has 0 heterocycles. The van der Waals surface area contributed by atoms with Crippen LogP contribution in [0.25, 0.3) is 0 Å². The van der Waals surface area contributed by atoms with E-state index in [1.54, 1.807) is 0 Å². The molecular weight excluding hydrogens is 124 g/mol. The molecule has 2 heteroatoms. The average molecular weight is 140 g/mol. The zero-order chi connectivity index (χ0) is 7.98. The van der Waals surface area contributed by atoms with Crippen molar-refractivity contribution in [2.24, 2.45) is 4.99 Å². The molecule has 0 aromatic heterocycles. The summed E-state index contributed by atoms with van der Waals surface area (Å²) in [6.07, 6.45) is 0.952. The average Bonchev–Trinajstić information content (AvgIpc) is 1.99. The maximum atomic E-state index is 4.27. The summed E-state index contributed by atoms with van der Waals surface area (Å²) in [5, 5.41) is 2.98. The van der Waals surface area contributed by atoms with Crippen LogP contribution in [-0.4, -0.2) is 19.3 Å². The minimum atomic E-state index is 0.837. The quantitative estimate of drug-likeness (QED) is 0.589. The largest absolute Gasteiger partial charge is 0.387 e. The molecule has 0 aliphatic heterocycles. The minimum absolute atomic E-state index is 0.837. The second-order valence-electron chi connectivity index (χ2n) is 2.00. The van der Waals surface area contributed by atoms with E-state index in [0.29, 0.717) is 0 Å². The predicted molar refractivity (Wildman–Crippen MR) is 46.5 cm³/mol. The Morgan fingerprint density at radius 3 is 2.40 bits per heavy atom. The first-order chi connectivity index (χ1) is 4.76. The molecule has 1 N–H and O–H groups in total. The number of nitrogens with zero attached hydrogens (tertiary/aromatic N) is 1. The van der Waals surface area contributed by atoms with Crippen molar-refractivity contribution in [3.8, 4) is 0 Å². The lowest BCUT2D eigenvalue weighted by molar-refractivity contribution is 1.02. The van der Waals surface area contributed by atoms with Gasteiger partial charge in [0, 0.05) is 19.3 Å². The van der Waals surface area contributed by atoms with E-state index in [4.69, 9.17) is 0 Å². The Bertz CT molecular complexity index is 136. The first-order valence-corrected chi connectivity index (χ1v) is 3.66. The SMILES string of the molecule is C=C(NC)/C(CC)=N\CC. The summed E-state index contributed by atoms with van der Waals surface area (Å²) in [4.78, 5) is 4.27. The molecule has 58 valence electrons. The van der Waals surface area contributed by atoms with Crippen LogP contribution in [0.2, 0.25) is 0 Å². The summed E-state index contributed by atoms with van der Waals surface area (Å²) in [5.74, 6) is 0. The zero-order valence-electron chi connectivity index (χ0n) is 7.07. The highest BCUT2D eigenvalue weighted by Crippen LogP contribution is 1.94. The number of rotatable bonds is 4. The van der Waals surface area contributed by atoms with Crippen molar-refractivity contribution in [2.75, 3.05) is 13.6 Å². The van der Waals surface area contributed by atoms with Crippen molar-refractivity contribution in [1.29, 1.82) is 0 Å².